The number of ether oxygens (including phenoxy) is 1. The number of aromatic hydroxyl groups is 1. The van der Waals surface area contributed by atoms with Crippen molar-refractivity contribution < 1.29 is 14.6 Å². The number of hydrogen-bond acceptors (Lipinski definition) is 4. The van der Waals surface area contributed by atoms with E-state index in [1.54, 1.807) is 19.1 Å². The number of carbonyl (C=O) groups is 1. The second-order valence-corrected chi connectivity index (χ2v) is 6.55. The van der Waals surface area contributed by atoms with Gasteiger partial charge in [0, 0.05) is 0 Å². The Morgan fingerprint density at radius 3 is 2.56 bits per heavy atom. The number of phenols is 1. The second-order valence-electron chi connectivity index (χ2n) is 4.88. The van der Waals surface area contributed by atoms with Gasteiger partial charge in [0.25, 0.3) is 0 Å². The zero-order chi connectivity index (χ0) is 18.6. The van der Waals surface area contributed by atoms with E-state index in [0.717, 1.165) is 0 Å². The summed E-state index contributed by atoms with van der Waals surface area (Å²) in [7, 11) is 0. The number of ketones is 1. The fraction of sp³-hybridized carbons (Fsp3) is 0.111. The van der Waals surface area contributed by atoms with E-state index >= 15 is 0 Å². The molecule has 0 aromatic heterocycles. The van der Waals surface area contributed by atoms with Gasteiger partial charge in [0.15, 0.2) is 11.5 Å². The third kappa shape index (κ3) is 4.35. The van der Waals surface area contributed by atoms with E-state index in [2.05, 4.69) is 15.9 Å². The molecule has 0 aliphatic heterocycles. The molecular weight excluding hydrogens is 429 g/mol. The maximum absolute atomic E-state index is 12.6. The summed E-state index contributed by atoms with van der Waals surface area (Å²) in [5.74, 6) is -0.401. The van der Waals surface area contributed by atoms with E-state index < -0.39 is 5.78 Å². The molecule has 4 nitrogen and oxygen atoms in total. The third-order valence-electron chi connectivity index (χ3n) is 3.22. The molecular formula is C18H12BrCl2NO3. The molecule has 0 saturated carbocycles. The summed E-state index contributed by atoms with van der Waals surface area (Å²) in [6.07, 6.45) is 1.38. The van der Waals surface area contributed by atoms with Gasteiger partial charge in [0.1, 0.15) is 11.6 Å². The quantitative estimate of drug-likeness (QED) is 0.370. The van der Waals surface area contributed by atoms with Crippen molar-refractivity contribution in [3.8, 4) is 17.6 Å². The number of carbonyl (C=O) groups excluding carboxylic acids is 1. The number of phenolic OH excluding ortho intramolecular Hbond substituents is 1. The average Bonchev–Trinajstić information content (AvgIpc) is 2.57. The SMILES string of the molecule is CCOc1cc(/C=C(/C#N)C(=O)c2c(Cl)cccc2Cl)cc(Br)c1O. The van der Waals surface area contributed by atoms with Crippen LogP contribution in [0.25, 0.3) is 6.08 Å². The fourth-order valence-corrected chi connectivity index (χ4v) is 3.14. The number of rotatable bonds is 5. The molecule has 0 amide bonds. The van der Waals surface area contributed by atoms with E-state index in [1.807, 2.05) is 6.07 Å². The predicted octanol–water partition coefficient (Wildman–Crippen LogP) is 5.65. The Morgan fingerprint density at radius 2 is 2.00 bits per heavy atom. The first-order chi connectivity index (χ1) is 11.9. The van der Waals surface area contributed by atoms with E-state index in [4.69, 9.17) is 27.9 Å². The van der Waals surface area contributed by atoms with Crippen molar-refractivity contribution in [2.45, 2.75) is 6.92 Å². The number of nitrogens with zero attached hydrogens (tertiary/aromatic N) is 1. The Morgan fingerprint density at radius 1 is 1.36 bits per heavy atom. The lowest BCUT2D eigenvalue weighted by Crippen LogP contribution is -2.04. The van der Waals surface area contributed by atoms with Gasteiger partial charge >= 0.3 is 0 Å². The van der Waals surface area contributed by atoms with Gasteiger partial charge in [-0.25, -0.2) is 0 Å². The number of halogens is 3. The molecule has 7 heteroatoms. The molecule has 0 spiro atoms. The van der Waals surface area contributed by atoms with Gasteiger partial charge in [0.05, 0.1) is 26.7 Å². The lowest BCUT2D eigenvalue weighted by Gasteiger charge is -2.09. The highest BCUT2D eigenvalue weighted by Crippen LogP contribution is 2.36. The fourth-order valence-electron chi connectivity index (χ4n) is 2.11. The molecule has 2 rings (SSSR count). The lowest BCUT2D eigenvalue weighted by molar-refractivity contribution is 0.104. The van der Waals surface area contributed by atoms with Gasteiger partial charge in [-0.3, -0.25) is 4.79 Å². The van der Waals surface area contributed by atoms with Crippen LogP contribution in [0.3, 0.4) is 0 Å². The molecule has 0 atom stereocenters. The van der Waals surface area contributed by atoms with Crippen molar-refractivity contribution in [3.05, 3.63) is 61.5 Å². The van der Waals surface area contributed by atoms with Crippen LogP contribution in [-0.4, -0.2) is 17.5 Å². The molecule has 0 radical (unpaired) electrons. The summed E-state index contributed by atoms with van der Waals surface area (Å²) in [5.41, 5.74) is 0.428. The van der Waals surface area contributed by atoms with E-state index in [0.29, 0.717) is 16.6 Å². The zero-order valence-electron chi connectivity index (χ0n) is 13.0. The summed E-state index contributed by atoms with van der Waals surface area (Å²) >= 11 is 15.3. The predicted molar refractivity (Wildman–Crippen MR) is 101 cm³/mol. The molecule has 2 aromatic rings. The van der Waals surface area contributed by atoms with Gasteiger partial charge in [-0.05, 0) is 58.8 Å². The van der Waals surface area contributed by atoms with E-state index in [9.17, 15) is 15.2 Å². The van der Waals surface area contributed by atoms with Crippen molar-refractivity contribution >= 4 is 51.0 Å². The lowest BCUT2D eigenvalue weighted by atomic mass is 10.0. The number of allylic oxidation sites excluding steroid dienone is 1. The number of Topliss-reactive ketones (excluding diaryl/α,β-unsaturated/α-hetero) is 1. The van der Waals surface area contributed by atoms with Crippen LogP contribution < -0.4 is 4.74 Å². The first kappa shape index (κ1) is 19.3. The Labute approximate surface area is 163 Å². The van der Waals surface area contributed by atoms with Crippen LogP contribution >= 0.6 is 39.1 Å². The zero-order valence-corrected chi connectivity index (χ0v) is 16.1. The van der Waals surface area contributed by atoms with Gasteiger partial charge in [-0.2, -0.15) is 5.26 Å². The molecule has 0 saturated heterocycles. The van der Waals surface area contributed by atoms with Gasteiger partial charge in [-0.1, -0.05) is 29.3 Å². The number of nitriles is 1. The van der Waals surface area contributed by atoms with Crippen LogP contribution in [0.4, 0.5) is 0 Å². The van der Waals surface area contributed by atoms with Crippen LogP contribution in [0, 0.1) is 11.3 Å². The molecule has 128 valence electrons. The molecule has 0 aliphatic carbocycles. The summed E-state index contributed by atoms with van der Waals surface area (Å²) in [4.78, 5) is 12.6. The standard InChI is InChI=1S/C18H12BrCl2NO3/c1-2-25-15-8-10(7-12(19)18(15)24)6-11(9-22)17(23)16-13(20)4-3-5-14(16)21/h3-8,24H,2H2,1H3/b11-6-. The Hall–Kier alpha value is -2.00. The normalized spacial score (nSPS) is 11.1. The first-order valence-electron chi connectivity index (χ1n) is 7.14. The van der Waals surface area contributed by atoms with Crippen LogP contribution in [0.1, 0.15) is 22.8 Å². The third-order valence-corrected chi connectivity index (χ3v) is 4.45. The van der Waals surface area contributed by atoms with Crippen molar-refractivity contribution in [2.24, 2.45) is 0 Å². The monoisotopic (exact) mass is 439 g/mol. The maximum atomic E-state index is 12.6. The number of benzene rings is 2. The first-order valence-corrected chi connectivity index (χ1v) is 8.69. The minimum Gasteiger partial charge on any atom is -0.503 e. The van der Waals surface area contributed by atoms with Crippen molar-refractivity contribution in [1.82, 2.24) is 0 Å². The minimum atomic E-state index is -0.583. The van der Waals surface area contributed by atoms with E-state index in [1.165, 1.54) is 24.3 Å². The summed E-state index contributed by atoms with van der Waals surface area (Å²) in [6.45, 7) is 2.13. The largest absolute Gasteiger partial charge is 0.503 e. The molecule has 0 bridgehead atoms. The molecule has 0 aliphatic rings. The van der Waals surface area contributed by atoms with Crippen molar-refractivity contribution in [1.29, 1.82) is 5.26 Å². The van der Waals surface area contributed by atoms with Crippen LogP contribution in [0.2, 0.25) is 10.0 Å². The minimum absolute atomic E-state index is 0.0574. The highest BCUT2D eigenvalue weighted by Gasteiger charge is 2.19. The van der Waals surface area contributed by atoms with Crippen LogP contribution in [-0.2, 0) is 0 Å². The van der Waals surface area contributed by atoms with Crippen molar-refractivity contribution in [2.75, 3.05) is 6.61 Å². The Bertz CT molecular complexity index is 884. The Kier molecular flexibility index (Phi) is 6.49. The van der Waals surface area contributed by atoms with Gasteiger partial charge < -0.3 is 9.84 Å². The summed E-state index contributed by atoms with van der Waals surface area (Å²) in [5, 5.41) is 19.7. The molecule has 0 heterocycles. The average molecular weight is 441 g/mol. The summed E-state index contributed by atoms with van der Waals surface area (Å²) in [6, 6.07) is 9.63. The van der Waals surface area contributed by atoms with Crippen LogP contribution in [0.15, 0.2) is 40.4 Å². The van der Waals surface area contributed by atoms with Gasteiger partial charge in [0.2, 0.25) is 5.78 Å². The molecule has 0 unspecified atom stereocenters. The second kappa shape index (κ2) is 8.39. The van der Waals surface area contributed by atoms with Crippen molar-refractivity contribution in [3.63, 3.8) is 0 Å². The maximum Gasteiger partial charge on any atom is 0.206 e. The molecule has 2 aromatic carbocycles. The molecule has 25 heavy (non-hydrogen) atoms. The highest BCUT2D eigenvalue weighted by molar-refractivity contribution is 9.10. The van der Waals surface area contributed by atoms with Crippen LogP contribution in [0.5, 0.6) is 11.5 Å². The summed E-state index contributed by atoms with van der Waals surface area (Å²) < 4.78 is 5.72. The smallest absolute Gasteiger partial charge is 0.206 e. The van der Waals surface area contributed by atoms with E-state index in [-0.39, 0.29) is 32.7 Å². The Balaban J connectivity index is 2.51. The number of hydrogen-bond donors (Lipinski definition) is 1. The van der Waals surface area contributed by atoms with Gasteiger partial charge in [-0.15, -0.1) is 0 Å². The molecule has 1 N–H and O–H groups in total. The topological polar surface area (TPSA) is 70.3 Å². The molecule has 0 fully saturated rings. The highest BCUT2D eigenvalue weighted by atomic mass is 79.9.